The van der Waals surface area contributed by atoms with Gasteiger partial charge in [0.05, 0.1) is 13.1 Å². The minimum atomic E-state index is -0.531. The maximum absolute atomic E-state index is 10.8. The summed E-state index contributed by atoms with van der Waals surface area (Å²) in [5.74, 6) is -0.770. The molecule has 0 bridgehead atoms. The molecule has 5 nitrogen and oxygen atoms in total. The van der Waals surface area contributed by atoms with Crippen LogP contribution in [0.15, 0.2) is 24.3 Å². The normalized spacial score (nSPS) is 14.7. The third-order valence-electron chi connectivity index (χ3n) is 2.95. The fourth-order valence-corrected chi connectivity index (χ4v) is 1.97. The van der Waals surface area contributed by atoms with Crippen LogP contribution < -0.4 is 10.2 Å². The summed E-state index contributed by atoms with van der Waals surface area (Å²) in [6, 6.07) is 7.82. The van der Waals surface area contributed by atoms with Crippen LogP contribution >= 0.6 is 0 Å². The van der Waals surface area contributed by atoms with Crippen molar-refractivity contribution in [2.75, 3.05) is 18.0 Å². The Bertz CT molecular complexity index is 469. The number of benzene rings is 1. The molecule has 1 saturated heterocycles. The van der Waals surface area contributed by atoms with Crippen LogP contribution in [0.4, 0.5) is 10.5 Å². The maximum atomic E-state index is 10.8. The number of ether oxygens (including phenoxy) is 1. The lowest BCUT2D eigenvalue weighted by Crippen LogP contribution is -2.52. The van der Waals surface area contributed by atoms with Crippen LogP contribution in [-0.2, 0) is 16.1 Å². The molecular weight excluding hydrogens is 243 g/mol. The molecule has 0 aromatic heterocycles. The number of rotatable bonds is 4. The highest BCUT2D eigenvalue weighted by Gasteiger charge is 2.29. The highest BCUT2D eigenvalue weighted by atomic mass is 16.5. The molecule has 1 amide bonds. The summed E-state index contributed by atoms with van der Waals surface area (Å²) in [4.78, 5) is 23.5. The Morgan fingerprint density at radius 2 is 2.00 bits per heavy atom. The lowest BCUT2D eigenvalue weighted by atomic mass is 10.1. The van der Waals surface area contributed by atoms with Gasteiger partial charge < -0.3 is 15.0 Å². The van der Waals surface area contributed by atoms with Gasteiger partial charge in [-0.25, -0.2) is 0 Å². The van der Waals surface area contributed by atoms with Crippen molar-refractivity contribution in [1.82, 2.24) is 5.32 Å². The topological polar surface area (TPSA) is 58.6 Å². The number of hydrogen-bond acceptors (Lipinski definition) is 4. The second-order valence-electron chi connectivity index (χ2n) is 4.52. The fraction of sp³-hybridized carbons (Fsp3) is 0.385. The van der Waals surface area contributed by atoms with Gasteiger partial charge in [0.1, 0.15) is 6.10 Å². The summed E-state index contributed by atoms with van der Waals surface area (Å²) >= 11 is 0. The standard InChI is InChI=1S/C13H15BN2O3/c1-9(17)19-12-7-16(8-12)11-4-2-10(3-5-11)6-15-13(14)18/h2-5,12H,6-8H2,1H3,(H,15,18). The first-order chi connectivity index (χ1) is 9.04. The van der Waals surface area contributed by atoms with E-state index in [0.717, 1.165) is 24.3 Å². The molecule has 1 heterocycles. The second kappa shape index (κ2) is 5.78. The molecule has 1 aliphatic heterocycles. The first-order valence-corrected chi connectivity index (χ1v) is 6.09. The van der Waals surface area contributed by atoms with Crippen molar-refractivity contribution in [3.05, 3.63) is 29.8 Å². The van der Waals surface area contributed by atoms with Crippen molar-refractivity contribution in [3.8, 4) is 0 Å². The molecule has 2 rings (SSSR count). The smallest absolute Gasteiger partial charge is 0.303 e. The summed E-state index contributed by atoms with van der Waals surface area (Å²) in [5, 5.41) is 2.53. The van der Waals surface area contributed by atoms with E-state index in [0.29, 0.717) is 6.54 Å². The van der Waals surface area contributed by atoms with E-state index in [-0.39, 0.29) is 12.1 Å². The average molecular weight is 258 g/mol. The summed E-state index contributed by atoms with van der Waals surface area (Å²) in [5.41, 5.74) is 2.06. The molecule has 2 radical (unpaired) electrons. The minimum absolute atomic E-state index is 0.00583. The minimum Gasteiger partial charge on any atom is -0.459 e. The number of amides is 1. The molecule has 0 aliphatic carbocycles. The van der Waals surface area contributed by atoms with Crippen molar-refractivity contribution in [1.29, 1.82) is 0 Å². The van der Waals surface area contributed by atoms with E-state index in [1.807, 2.05) is 24.3 Å². The first kappa shape index (κ1) is 13.5. The van der Waals surface area contributed by atoms with Gasteiger partial charge in [-0.05, 0) is 17.7 Å². The van der Waals surface area contributed by atoms with Gasteiger partial charge in [0, 0.05) is 19.2 Å². The van der Waals surface area contributed by atoms with Gasteiger partial charge in [-0.3, -0.25) is 9.59 Å². The third-order valence-corrected chi connectivity index (χ3v) is 2.95. The van der Waals surface area contributed by atoms with E-state index >= 15 is 0 Å². The Balaban J connectivity index is 1.83. The van der Waals surface area contributed by atoms with Gasteiger partial charge >= 0.3 is 5.97 Å². The molecule has 0 saturated carbocycles. The molecule has 1 aliphatic rings. The van der Waals surface area contributed by atoms with Gasteiger partial charge in [-0.1, -0.05) is 12.1 Å². The van der Waals surface area contributed by atoms with E-state index in [1.54, 1.807) is 0 Å². The van der Waals surface area contributed by atoms with Gasteiger partial charge in [-0.2, -0.15) is 0 Å². The zero-order valence-electron chi connectivity index (χ0n) is 10.8. The number of nitrogens with one attached hydrogen (secondary N) is 1. The van der Waals surface area contributed by atoms with Gasteiger partial charge in [0.2, 0.25) is 7.85 Å². The number of carbonyl (C=O) groups excluding carboxylic acids is 2. The van der Waals surface area contributed by atoms with Crippen LogP contribution in [0.25, 0.3) is 0 Å². The molecule has 1 fully saturated rings. The van der Waals surface area contributed by atoms with E-state index in [2.05, 4.69) is 10.2 Å². The van der Waals surface area contributed by atoms with Crippen LogP contribution in [0.2, 0.25) is 0 Å². The van der Waals surface area contributed by atoms with Crippen molar-refractivity contribution < 1.29 is 14.3 Å². The maximum Gasteiger partial charge on any atom is 0.303 e. The predicted molar refractivity (Wildman–Crippen MR) is 72.2 cm³/mol. The Morgan fingerprint density at radius 1 is 1.37 bits per heavy atom. The molecule has 0 spiro atoms. The Hall–Kier alpha value is -1.98. The van der Waals surface area contributed by atoms with E-state index in [4.69, 9.17) is 12.6 Å². The Kier molecular flexibility index (Phi) is 4.09. The number of nitrogens with zero attached hydrogens (tertiary/aromatic N) is 1. The molecule has 6 heteroatoms. The number of esters is 1. The third kappa shape index (κ3) is 3.74. The Morgan fingerprint density at radius 3 is 2.53 bits per heavy atom. The van der Waals surface area contributed by atoms with Crippen molar-refractivity contribution in [2.24, 2.45) is 0 Å². The molecule has 1 aromatic carbocycles. The molecular formula is C13H15BN2O3. The largest absolute Gasteiger partial charge is 0.459 e. The molecule has 1 N–H and O–H groups in total. The summed E-state index contributed by atoms with van der Waals surface area (Å²) < 4.78 is 5.08. The Labute approximate surface area is 113 Å². The van der Waals surface area contributed by atoms with Crippen LogP contribution in [0.5, 0.6) is 0 Å². The van der Waals surface area contributed by atoms with Gasteiger partial charge in [0.25, 0.3) is 0 Å². The highest BCUT2D eigenvalue weighted by Crippen LogP contribution is 2.22. The van der Waals surface area contributed by atoms with E-state index in [1.165, 1.54) is 6.92 Å². The fourth-order valence-electron chi connectivity index (χ4n) is 1.97. The molecule has 1 aromatic rings. The van der Waals surface area contributed by atoms with Crippen molar-refractivity contribution in [3.63, 3.8) is 0 Å². The SMILES string of the molecule is [B]C(=O)NCc1ccc(N2CC(OC(C)=O)C2)cc1. The second-order valence-corrected chi connectivity index (χ2v) is 4.52. The van der Waals surface area contributed by atoms with E-state index in [9.17, 15) is 9.59 Å². The monoisotopic (exact) mass is 258 g/mol. The highest BCUT2D eigenvalue weighted by molar-refractivity contribution is 6.57. The first-order valence-electron chi connectivity index (χ1n) is 6.09. The van der Waals surface area contributed by atoms with Crippen LogP contribution in [0.1, 0.15) is 12.5 Å². The van der Waals surface area contributed by atoms with Crippen LogP contribution in [-0.4, -0.2) is 38.8 Å². The zero-order valence-corrected chi connectivity index (χ0v) is 10.8. The van der Waals surface area contributed by atoms with Crippen molar-refractivity contribution in [2.45, 2.75) is 19.6 Å². The number of anilines is 1. The van der Waals surface area contributed by atoms with Crippen LogP contribution in [0.3, 0.4) is 0 Å². The van der Waals surface area contributed by atoms with Gasteiger partial charge in [0.15, 0.2) is 5.81 Å². The summed E-state index contributed by atoms with van der Waals surface area (Å²) in [6.07, 6.45) is -0.00583. The van der Waals surface area contributed by atoms with E-state index < -0.39 is 5.81 Å². The van der Waals surface area contributed by atoms with Crippen molar-refractivity contribution >= 4 is 25.3 Å². The molecule has 0 unspecified atom stereocenters. The number of hydrogen-bond donors (Lipinski definition) is 1. The lowest BCUT2D eigenvalue weighted by molar-refractivity contribution is -0.147. The zero-order chi connectivity index (χ0) is 13.8. The summed E-state index contributed by atoms with van der Waals surface area (Å²) in [6.45, 7) is 3.28. The predicted octanol–water partition coefficient (Wildman–Crippen LogP) is 0.816. The number of carbonyl (C=O) groups is 2. The average Bonchev–Trinajstić information content (AvgIpc) is 2.31. The van der Waals surface area contributed by atoms with Gasteiger partial charge in [-0.15, -0.1) is 0 Å². The summed E-state index contributed by atoms with van der Waals surface area (Å²) in [7, 11) is 5.00. The molecule has 0 atom stereocenters. The molecule has 19 heavy (non-hydrogen) atoms. The lowest BCUT2D eigenvalue weighted by Gasteiger charge is -2.40. The van der Waals surface area contributed by atoms with Crippen LogP contribution in [0, 0.1) is 0 Å². The quantitative estimate of drug-likeness (QED) is 0.641. The molecule has 98 valence electrons.